The van der Waals surface area contributed by atoms with Crippen LogP contribution >= 0.6 is 0 Å². The van der Waals surface area contributed by atoms with Crippen LogP contribution < -0.4 is 0 Å². The van der Waals surface area contributed by atoms with Gasteiger partial charge in [-0.2, -0.15) is 0 Å². The summed E-state index contributed by atoms with van der Waals surface area (Å²) in [5.74, 6) is -1.01. The van der Waals surface area contributed by atoms with E-state index in [9.17, 15) is 14.7 Å². The van der Waals surface area contributed by atoms with E-state index >= 15 is 0 Å². The normalized spacial score (nSPS) is 19.0. The number of fused-ring (bicyclic) bond motifs is 1. The number of carbonyl (C=O) groups is 2. The molecule has 0 radical (unpaired) electrons. The Balaban J connectivity index is 1.64. The third kappa shape index (κ3) is 7.05. The fourth-order valence-corrected chi connectivity index (χ4v) is 5.90. The van der Waals surface area contributed by atoms with Crippen LogP contribution in [0.1, 0.15) is 57.5 Å². The van der Waals surface area contributed by atoms with Crippen LogP contribution in [0.3, 0.4) is 0 Å². The van der Waals surface area contributed by atoms with Crippen LogP contribution in [0, 0.1) is 5.92 Å². The lowest BCUT2D eigenvalue weighted by Crippen LogP contribution is -2.47. The van der Waals surface area contributed by atoms with Crippen molar-refractivity contribution >= 4 is 38.0 Å². The lowest BCUT2D eigenvalue weighted by atomic mass is 9.98. The average molecular weight is 561 g/mol. The number of hydrogen-bond acceptors (Lipinski definition) is 6. The molecule has 2 heterocycles. The molecule has 5 atom stereocenters. The Morgan fingerprint density at radius 2 is 1.88 bits per heavy atom. The van der Waals surface area contributed by atoms with Crippen LogP contribution in [0.5, 0.6) is 0 Å². The summed E-state index contributed by atoms with van der Waals surface area (Å²) in [6.45, 7) is 12.4. The van der Waals surface area contributed by atoms with Gasteiger partial charge in [-0.3, -0.25) is 9.78 Å². The van der Waals surface area contributed by atoms with Gasteiger partial charge in [0.15, 0.2) is 9.04 Å². The zero-order chi connectivity index (χ0) is 29.0. The van der Waals surface area contributed by atoms with Crippen molar-refractivity contribution in [3.8, 4) is 0 Å². The summed E-state index contributed by atoms with van der Waals surface area (Å²) in [6, 6.07) is 19.0. The molecule has 1 fully saturated rings. The van der Waals surface area contributed by atoms with E-state index in [4.69, 9.17) is 9.16 Å². The van der Waals surface area contributed by atoms with Gasteiger partial charge in [0.25, 0.3) is 0 Å². The lowest BCUT2D eigenvalue weighted by Gasteiger charge is -2.32. The molecule has 3 aromatic rings. The van der Waals surface area contributed by atoms with Crippen molar-refractivity contribution in [3.05, 3.63) is 83.6 Å². The summed E-state index contributed by atoms with van der Waals surface area (Å²) >= 11 is 0. The van der Waals surface area contributed by atoms with Gasteiger partial charge in [0.1, 0.15) is 6.61 Å². The van der Waals surface area contributed by atoms with E-state index in [0.29, 0.717) is 12.1 Å². The number of pyridine rings is 1. The van der Waals surface area contributed by atoms with Crippen LogP contribution in [-0.2, 0) is 20.4 Å². The number of ether oxygens (including phenoxy) is 1. The topological polar surface area (TPSA) is 89.0 Å². The number of hydrogen-bond donors (Lipinski definition) is 1. The lowest BCUT2D eigenvalue weighted by molar-refractivity contribution is -0.134. The van der Waals surface area contributed by atoms with E-state index in [2.05, 4.69) is 32.3 Å². The molecule has 7 nitrogen and oxygen atoms in total. The standard InChI is InChI=1S/C32H40N2O5Si/c1-21(35)28-17-15-25-14-12-24(19-29(25)33-28)13-16-27(22(2)39-40(6)32(3,4)5)30(36)34-26(20-38-31(34)37)18-23-10-8-7-9-11-23/h7-17,19,21-22,26-27,35,40H,18,20H2,1-6H3/b16-13+/t21-,22+,26-,27-,40?/m1/s1. The Morgan fingerprint density at radius 1 is 1.18 bits per heavy atom. The molecule has 0 aliphatic carbocycles. The Morgan fingerprint density at radius 3 is 2.55 bits per heavy atom. The minimum absolute atomic E-state index is 0.0134. The zero-order valence-corrected chi connectivity index (χ0v) is 25.4. The van der Waals surface area contributed by atoms with E-state index < -0.39 is 33.3 Å². The highest BCUT2D eigenvalue weighted by Gasteiger charge is 2.42. The number of benzene rings is 2. The summed E-state index contributed by atoms with van der Waals surface area (Å²) in [7, 11) is -1.67. The van der Waals surface area contributed by atoms with Crippen LogP contribution in [0.2, 0.25) is 11.6 Å². The number of amides is 2. The van der Waals surface area contributed by atoms with E-state index in [0.717, 1.165) is 22.0 Å². The molecule has 4 rings (SSSR count). The predicted molar refractivity (Wildman–Crippen MR) is 160 cm³/mol. The molecular weight excluding hydrogens is 520 g/mol. The van der Waals surface area contributed by atoms with Crippen molar-refractivity contribution in [2.45, 2.75) is 70.9 Å². The summed E-state index contributed by atoms with van der Waals surface area (Å²) in [4.78, 5) is 32.7. The van der Waals surface area contributed by atoms with Gasteiger partial charge in [-0.15, -0.1) is 0 Å². The van der Waals surface area contributed by atoms with E-state index in [1.807, 2.05) is 79.7 Å². The van der Waals surface area contributed by atoms with Crippen molar-refractivity contribution in [1.82, 2.24) is 9.88 Å². The maximum absolute atomic E-state index is 14.1. The molecule has 1 aromatic heterocycles. The SMILES string of the molecule is C[C@H](O[SiH](C)C(C)(C)C)[C@@H](/C=C/c1ccc2ccc([C@@H](C)O)nc2c1)C(=O)N1C(=O)OC[C@H]1Cc1ccccc1. The van der Waals surface area contributed by atoms with E-state index in [-0.39, 0.29) is 23.6 Å². The summed E-state index contributed by atoms with van der Waals surface area (Å²) in [6.07, 6.45) is 2.53. The van der Waals surface area contributed by atoms with Gasteiger partial charge < -0.3 is 14.3 Å². The number of nitrogens with zero attached hydrogens (tertiary/aromatic N) is 2. The zero-order valence-electron chi connectivity index (χ0n) is 24.2. The van der Waals surface area contributed by atoms with Gasteiger partial charge in [-0.25, -0.2) is 9.69 Å². The largest absolute Gasteiger partial charge is 0.447 e. The molecule has 1 aliphatic rings. The quantitative estimate of drug-likeness (QED) is 0.320. The third-order valence-electron chi connectivity index (χ3n) is 7.60. The molecule has 8 heteroatoms. The smallest absolute Gasteiger partial charge is 0.417 e. The first-order chi connectivity index (χ1) is 18.9. The summed E-state index contributed by atoms with van der Waals surface area (Å²) < 4.78 is 11.9. The molecule has 2 aromatic carbocycles. The number of aliphatic hydroxyl groups is 1. The molecule has 40 heavy (non-hydrogen) atoms. The van der Waals surface area contributed by atoms with E-state index in [1.165, 1.54) is 4.90 Å². The number of aliphatic hydroxyl groups excluding tert-OH is 1. The molecule has 1 unspecified atom stereocenters. The second kappa shape index (κ2) is 12.5. The maximum Gasteiger partial charge on any atom is 0.417 e. The third-order valence-corrected chi connectivity index (χ3v) is 10.9. The molecule has 0 saturated carbocycles. The molecular formula is C32H40N2O5Si. The summed E-state index contributed by atoms with van der Waals surface area (Å²) in [5, 5.41) is 10.9. The van der Waals surface area contributed by atoms with Crippen molar-refractivity contribution < 1.29 is 23.9 Å². The Hall–Kier alpha value is -3.33. The van der Waals surface area contributed by atoms with Gasteiger partial charge in [0.2, 0.25) is 5.91 Å². The first kappa shape index (κ1) is 29.6. The van der Waals surface area contributed by atoms with Gasteiger partial charge in [0.05, 0.1) is 35.4 Å². The van der Waals surface area contributed by atoms with Crippen molar-refractivity contribution in [2.24, 2.45) is 5.92 Å². The number of imide groups is 1. The van der Waals surface area contributed by atoms with Crippen LogP contribution in [-0.4, -0.2) is 54.8 Å². The number of cyclic esters (lactones) is 1. The molecule has 1 aliphatic heterocycles. The predicted octanol–water partition coefficient (Wildman–Crippen LogP) is 6.07. The van der Waals surface area contributed by atoms with Gasteiger partial charge in [-0.1, -0.05) is 81.5 Å². The van der Waals surface area contributed by atoms with Crippen LogP contribution in [0.25, 0.3) is 17.0 Å². The van der Waals surface area contributed by atoms with Crippen LogP contribution in [0.15, 0.2) is 66.7 Å². The molecule has 212 valence electrons. The monoisotopic (exact) mass is 560 g/mol. The van der Waals surface area contributed by atoms with Gasteiger partial charge >= 0.3 is 6.09 Å². The fraction of sp³-hybridized carbons (Fsp3) is 0.406. The maximum atomic E-state index is 14.1. The molecule has 1 N–H and O–H groups in total. The highest BCUT2D eigenvalue weighted by molar-refractivity contribution is 6.53. The van der Waals surface area contributed by atoms with Crippen LogP contribution in [0.4, 0.5) is 4.79 Å². The minimum Gasteiger partial charge on any atom is -0.447 e. The Bertz CT molecular complexity index is 1370. The van der Waals surface area contributed by atoms with Crippen molar-refractivity contribution in [2.75, 3.05) is 6.61 Å². The Labute approximate surface area is 238 Å². The molecule has 2 amide bonds. The van der Waals surface area contributed by atoms with Gasteiger partial charge in [0, 0.05) is 5.39 Å². The molecule has 0 bridgehead atoms. The van der Waals surface area contributed by atoms with Crippen molar-refractivity contribution in [3.63, 3.8) is 0 Å². The summed E-state index contributed by atoms with van der Waals surface area (Å²) in [5.41, 5.74) is 3.25. The number of carbonyl (C=O) groups excluding carboxylic acids is 2. The highest BCUT2D eigenvalue weighted by Crippen LogP contribution is 2.31. The minimum atomic E-state index is -1.67. The molecule has 0 spiro atoms. The second-order valence-electron chi connectivity index (χ2n) is 11.7. The number of rotatable bonds is 9. The highest BCUT2D eigenvalue weighted by atomic mass is 28.3. The number of aromatic nitrogens is 1. The van der Waals surface area contributed by atoms with Gasteiger partial charge in [-0.05, 0) is 55.1 Å². The second-order valence-corrected chi connectivity index (χ2v) is 15.0. The van der Waals surface area contributed by atoms with E-state index in [1.54, 1.807) is 6.92 Å². The fourth-order valence-electron chi connectivity index (χ4n) is 4.68. The van der Waals surface area contributed by atoms with Crippen molar-refractivity contribution in [1.29, 1.82) is 0 Å². The molecule has 1 saturated heterocycles. The Kier molecular flexibility index (Phi) is 9.23. The first-order valence-corrected chi connectivity index (χ1v) is 16.1. The average Bonchev–Trinajstić information content (AvgIpc) is 3.27. The first-order valence-electron chi connectivity index (χ1n) is 13.9.